The molecule has 18 heavy (non-hydrogen) atoms. The molecule has 1 saturated carbocycles. The largest absolute Gasteiger partial charge is 0.380 e. The molecule has 1 aromatic carbocycles. The molecule has 0 spiro atoms. The Morgan fingerprint density at radius 1 is 1.50 bits per heavy atom. The lowest BCUT2D eigenvalue weighted by Gasteiger charge is -2.21. The SMILES string of the molecule is CCC1CCCC1Nc1ccc([N+](=O)[O-])cc1F. The van der Waals surface area contributed by atoms with Crippen molar-refractivity contribution < 1.29 is 9.31 Å². The fraction of sp³-hybridized carbons (Fsp3) is 0.538. The highest BCUT2D eigenvalue weighted by molar-refractivity contribution is 5.50. The van der Waals surface area contributed by atoms with Crippen LogP contribution in [0.2, 0.25) is 0 Å². The van der Waals surface area contributed by atoms with Gasteiger partial charge in [-0.25, -0.2) is 4.39 Å². The molecule has 4 nitrogen and oxygen atoms in total. The van der Waals surface area contributed by atoms with Crippen LogP contribution in [0.4, 0.5) is 15.8 Å². The minimum atomic E-state index is -0.586. The summed E-state index contributed by atoms with van der Waals surface area (Å²) in [5, 5.41) is 13.7. The van der Waals surface area contributed by atoms with Crippen LogP contribution >= 0.6 is 0 Å². The van der Waals surface area contributed by atoms with Crippen LogP contribution in [0.3, 0.4) is 0 Å². The third-order valence-electron chi connectivity index (χ3n) is 3.69. The molecule has 1 aromatic rings. The van der Waals surface area contributed by atoms with E-state index in [9.17, 15) is 14.5 Å². The number of rotatable bonds is 4. The van der Waals surface area contributed by atoms with Gasteiger partial charge in [0.15, 0.2) is 5.82 Å². The summed E-state index contributed by atoms with van der Waals surface area (Å²) in [6, 6.07) is 4.05. The van der Waals surface area contributed by atoms with Crippen LogP contribution in [0.1, 0.15) is 32.6 Å². The maximum absolute atomic E-state index is 13.7. The number of nitrogens with one attached hydrogen (secondary N) is 1. The van der Waals surface area contributed by atoms with Crippen LogP contribution in [-0.2, 0) is 0 Å². The molecular formula is C13H17FN2O2. The molecule has 0 heterocycles. The van der Waals surface area contributed by atoms with Gasteiger partial charge in [0.2, 0.25) is 0 Å². The Hall–Kier alpha value is -1.65. The Morgan fingerprint density at radius 2 is 2.28 bits per heavy atom. The lowest BCUT2D eigenvalue weighted by Crippen LogP contribution is -2.23. The second-order valence-electron chi connectivity index (χ2n) is 4.77. The van der Waals surface area contributed by atoms with Crippen molar-refractivity contribution in [3.05, 3.63) is 34.1 Å². The Kier molecular flexibility index (Phi) is 3.79. The predicted molar refractivity (Wildman–Crippen MR) is 68.1 cm³/mol. The van der Waals surface area contributed by atoms with Crippen molar-refractivity contribution >= 4 is 11.4 Å². The van der Waals surface area contributed by atoms with Crippen LogP contribution < -0.4 is 5.32 Å². The van der Waals surface area contributed by atoms with E-state index in [1.54, 1.807) is 0 Å². The van der Waals surface area contributed by atoms with Gasteiger partial charge in [0.05, 0.1) is 16.7 Å². The van der Waals surface area contributed by atoms with E-state index in [2.05, 4.69) is 12.2 Å². The molecule has 1 N–H and O–H groups in total. The van der Waals surface area contributed by atoms with Gasteiger partial charge in [-0.2, -0.15) is 0 Å². The number of halogens is 1. The van der Waals surface area contributed by atoms with E-state index < -0.39 is 10.7 Å². The normalized spacial score (nSPS) is 23.0. The molecule has 2 rings (SSSR count). The van der Waals surface area contributed by atoms with Gasteiger partial charge in [0, 0.05) is 12.1 Å². The van der Waals surface area contributed by atoms with Gasteiger partial charge in [-0.05, 0) is 24.8 Å². The molecule has 2 unspecified atom stereocenters. The lowest BCUT2D eigenvalue weighted by molar-refractivity contribution is -0.385. The van der Waals surface area contributed by atoms with Gasteiger partial charge in [-0.3, -0.25) is 10.1 Å². The fourth-order valence-corrected chi connectivity index (χ4v) is 2.65. The minimum absolute atomic E-state index is 0.212. The first-order valence-electron chi connectivity index (χ1n) is 6.32. The van der Waals surface area contributed by atoms with E-state index in [0.29, 0.717) is 11.6 Å². The summed E-state index contributed by atoms with van der Waals surface area (Å²) in [4.78, 5) is 9.94. The number of nitro groups is 1. The third kappa shape index (κ3) is 2.60. The fourth-order valence-electron chi connectivity index (χ4n) is 2.65. The molecule has 1 aliphatic rings. The van der Waals surface area contributed by atoms with Gasteiger partial charge < -0.3 is 5.32 Å². The molecular weight excluding hydrogens is 235 g/mol. The minimum Gasteiger partial charge on any atom is -0.380 e. The third-order valence-corrected chi connectivity index (χ3v) is 3.69. The summed E-state index contributed by atoms with van der Waals surface area (Å²) in [6.45, 7) is 2.14. The van der Waals surface area contributed by atoms with Crippen molar-refractivity contribution in [1.29, 1.82) is 0 Å². The molecule has 0 saturated heterocycles. The Bertz CT molecular complexity index is 451. The molecule has 5 heteroatoms. The molecule has 0 radical (unpaired) electrons. The molecule has 1 fully saturated rings. The maximum Gasteiger partial charge on any atom is 0.272 e. The van der Waals surface area contributed by atoms with Gasteiger partial charge >= 0.3 is 0 Å². The summed E-state index contributed by atoms with van der Waals surface area (Å²) >= 11 is 0. The van der Waals surface area contributed by atoms with E-state index >= 15 is 0 Å². The van der Waals surface area contributed by atoms with Crippen molar-refractivity contribution in [3.63, 3.8) is 0 Å². The zero-order valence-corrected chi connectivity index (χ0v) is 10.4. The highest BCUT2D eigenvalue weighted by atomic mass is 19.1. The smallest absolute Gasteiger partial charge is 0.272 e. The van der Waals surface area contributed by atoms with E-state index in [4.69, 9.17) is 0 Å². The topological polar surface area (TPSA) is 55.2 Å². The number of hydrogen-bond donors (Lipinski definition) is 1. The highest BCUT2D eigenvalue weighted by Crippen LogP contribution is 2.32. The van der Waals surface area contributed by atoms with Gasteiger partial charge in [0.1, 0.15) is 0 Å². The Balaban J connectivity index is 2.12. The van der Waals surface area contributed by atoms with E-state index in [0.717, 1.165) is 25.3 Å². The Morgan fingerprint density at radius 3 is 2.89 bits per heavy atom. The number of anilines is 1. The number of nitrogens with zero attached hydrogens (tertiary/aromatic N) is 1. The van der Waals surface area contributed by atoms with Crippen molar-refractivity contribution in [2.45, 2.75) is 38.6 Å². The zero-order chi connectivity index (χ0) is 13.1. The molecule has 1 aliphatic carbocycles. The quantitative estimate of drug-likeness (QED) is 0.656. The molecule has 2 atom stereocenters. The van der Waals surface area contributed by atoms with Crippen LogP contribution in [0.15, 0.2) is 18.2 Å². The monoisotopic (exact) mass is 252 g/mol. The van der Waals surface area contributed by atoms with Crippen LogP contribution in [0.5, 0.6) is 0 Å². The maximum atomic E-state index is 13.7. The Labute approximate surface area is 105 Å². The second kappa shape index (κ2) is 5.33. The van der Waals surface area contributed by atoms with E-state index in [1.807, 2.05) is 0 Å². The summed E-state index contributed by atoms with van der Waals surface area (Å²) in [6.07, 6.45) is 4.44. The first-order valence-corrected chi connectivity index (χ1v) is 6.32. The number of non-ortho nitro benzene ring substituents is 1. The van der Waals surface area contributed by atoms with Crippen molar-refractivity contribution in [2.24, 2.45) is 5.92 Å². The second-order valence-corrected chi connectivity index (χ2v) is 4.77. The van der Waals surface area contributed by atoms with Gasteiger partial charge in [0.25, 0.3) is 5.69 Å². The molecule has 0 aliphatic heterocycles. The summed E-state index contributed by atoms with van der Waals surface area (Å²) in [7, 11) is 0. The van der Waals surface area contributed by atoms with Crippen LogP contribution in [-0.4, -0.2) is 11.0 Å². The van der Waals surface area contributed by atoms with Crippen molar-refractivity contribution in [2.75, 3.05) is 5.32 Å². The number of benzene rings is 1. The number of nitro benzene ring substituents is 1. The van der Waals surface area contributed by atoms with E-state index in [1.165, 1.54) is 18.6 Å². The van der Waals surface area contributed by atoms with Gasteiger partial charge in [-0.15, -0.1) is 0 Å². The summed E-state index contributed by atoms with van der Waals surface area (Å²) < 4.78 is 13.7. The van der Waals surface area contributed by atoms with Crippen molar-refractivity contribution in [1.82, 2.24) is 0 Å². The molecule has 98 valence electrons. The first kappa shape index (κ1) is 12.8. The van der Waals surface area contributed by atoms with Crippen molar-refractivity contribution in [3.8, 4) is 0 Å². The van der Waals surface area contributed by atoms with Crippen LogP contribution in [0.25, 0.3) is 0 Å². The first-order chi connectivity index (χ1) is 8.61. The molecule has 0 amide bonds. The highest BCUT2D eigenvalue weighted by Gasteiger charge is 2.26. The standard InChI is InChI=1S/C13H17FN2O2/c1-2-9-4-3-5-12(9)15-13-7-6-10(16(17)18)8-11(13)14/h6-9,12,15H,2-5H2,1H3. The molecule has 0 bridgehead atoms. The predicted octanol–water partition coefficient (Wildman–Crippen LogP) is 3.72. The lowest BCUT2D eigenvalue weighted by atomic mass is 10.0. The zero-order valence-electron chi connectivity index (χ0n) is 10.4. The molecule has 0 aromatic heterocycles. The van der Waals surface area contributed by atoms with E-state index in [-0.39, 0.29) is 11.7 Å². The van der Waals surface area contributed by atoms with Crippen LogP contribution in [0, 0.1) is 21.8 Å². The number of hydrogen-bond acceptors (Lipinski definition) is 3. The summed E-state index contributed by atoms with van der Waals surface area (Å²) in [5.41, 5.74) is 0.155. The van der Waals surface area contributed by atoms with Gasteiger partial charge in [-0.1, -0.05) is 19.8 Å². The average Bonchev–Trinajstić information content (AvgIpc) is 2.78. The summed E-state index contributed by atoms with van der Waals surface area (Å²) in [5.74, 6) is 0.0190. The average molecular weight is 252 g/mol.